The van der Waals surface area contributed by atoms with Gasteiger partial charge in [-0.2, -0.15) is 5.26 Å². The molecule has 1 heterocycles. The number of carboxylic acid groups (broad SMARTS) is 1. The summed E-state index contributed by atoms with van der Waals surface area (Å²) in [4.78, 5) is 23.9. The van der Waals surface area contributed by atoms with E-state index in [9.17, 15) is 20.0 Å². The average Bonchev–Trinajstić information content (AvgIpc) is 2.55. The van der Waals surface area contributed by atoms with Gasteiger partial charge in [-0.15, -0.1) is 0 Å². The lowest BCUT2D eigenvalue weighted by Gasteiger charge is -2.28. The predicted octanol–water partition coefficient (Wildman–Crippen LogP) is 2.99. The zero-order valence-electron chi connectivity index (χ0n) is 12.7. The van der Waals surface area contributed by atoms with Crippen LogP contribution in [0.4, 0.5) is 0 Å². The summed E-state index contributed by atoms with van der Waals surface area (Å²) in [5.41, 5.74) is 0.424. The molecule has 0 spiro atoms. The molecule has 124 valence electrons. The number of aliphatic carboxylic acids is 1. The summed E-state index contributed by atoms with van der Waals surface area (Å²) in [6.07, 6.45) is 0. The van der Waals surface area contributed by atoms with Gasteiger partial charge in [0, 0.05) is 5.70 Å². The Morgan fingerprint density at radius 3 is 2.46 bits per heavy atom. The molecule has 6 nitrogen and oxygen atoms in total. The first-order chi connectivity index (χ1) is 11.3. The number of halogens is 2. The number of nitriles is 1. The lowest BCUT2D eigenvalue weighted by Crippen LogP contribution is -2.32. The Bertz CT molecular complexity index is 837. The van der Waals surface area contributed by atoms with Crippen molar-refractivity contribution < 1.29 is 19.4 Å². The molecule has 1 aromatic rings. The van der Waals surface area contributed by atoms with Crippen LogP contribution in [0.15, 0.2) is 40.7 Å². The molecule has 24 heavy (non-hydrogen) atoms. The fraction of sp³-hybridized carbons (Fsp3) is 0.188. The van der Waals surface area contributed by atoms with Gasteiger partial charge in [0.15, 0.2) is 0 Å². The number of allylic oxidation sites excluding steroid dienone is 2. The monoisotopic (exact) mass is 366 g/mol. The Kier molecular flexibility index (Phi) is 5.17. The van der Waals surface area contributed by atoms with Crippen molar-refractivity contribution in [2.75, 3.05) is 7.11 Å². The molecule has 0 saturated carbocycles. The third kappa shape index (κ3) is 3.09. The third-order valence-corrected chi connectivity index (χ3v) is 4.33. The van der Waals surface area contributed by atoms with E-state index in [2.05, 4.69) is 5.32 Å². The number of carboxylic acids is 1. The van der Waals surface area contributed by atoms with E-state index in [0.29, 0.717) is 5.56 Å². The maximum Gasteiger partial charge on any atom is 0.337 e. The Balaban J connectivity index is 2.78. The number of methoxy groups -OCH3 is 1. The Morgan fingerprint density at radius 1 is 1.29 bits per heavy atom. The molecular weight excluding hydrogens is 355 g/mol. The molecule has 0 aromatic heterocycles. The standard InChI is InChI=1S/C16H12Cl2N2O4/c1-7-12(15(21)22)13(8-3-4-9(17)10(18)5-8)14(16(23)24-2)11(6-19)20-7/h3-5,13,20H,1-2H3,(H,21,22). The largest absolute Gasteiger partial charge is 0.478 e. The van der Waals surface area contributed by atoms with Crippen LogP contribution in [-0.4, -0.2) is 24.2 Å². The molecule has 0 fully saturated rings. The van der Waals surface area contributed by atoms with Crippen LogP contribution in [0.1, 0.15) is 18.4 Å². The number of nitrogens with zero attached hydrogens (tertiary/aromatic N) is 1. The second kappa shape index (κ2) is 6.95. The number of rotatable bonds is 3. The quantitative estimate of drug-likeness (QED) is 0.797. The molecule has 1 unspecified atom stereocenters. The Hall–Kier alpha value is -2.49. The number of esters is 1. The molecule has 0 bridgehead atoms. The summed E-state index contributed by atoms with van der Waals surface area (Å²) in [6.45, 7) is 1.51. The van der Waals surface area contributed by atoms with Crippen molar-refractivity contribution in [1.29, 1.82) is 5.26 Å². The molecule has 1 aliphatic rings. The van der Waals surface area contributed by atoms with Gasteiger partial charge in [-0.1, -0.05) is 29.3 Å². The highest BCUT2D eigenvalue weighted by molar-refractivity contribution is 6.42. The molecule has 1 aromatic carbocycles. The Labute approximate surface area is 147 Å². The number of hydrogen-bond acceptors (Lipinski definition) is 5. The van der Waals surface area contributed by atoms with Crippen LogP contribution in [-0.2, 0) is 14.3 Å². The smallest absolute Gasteiger partial charge is 0.337 e. The van der Waals surface area contributed by atoms with Crippen molar-refractivity contribution in [3.8, 4) is 6.07 Å². The summed E-state index contributed by atoms with van der Waals surface area (Å²) < 4.78 is 4.73. The first kappa shape index (κ1) is 17.9. The number of dihydropyridines is 1. The number of nitrogens with one attached hydrogen (secondary N) is 1. The molecule has 0 saturated heterocycles. The maximum absolute atomic E-state index is 12.2. The first-order valence-electron chi connectivity index (χ1n) is 6.70. The van der Waals surface area contributed by atoms with E-state index in [1.807, 2.05) is 6.07 Å². The van der Waals surface area contributed by atoms with E-state index in [-0.39, 0.29) is 32.6 Å². The molecule has 0 amide bonds. The minimum Gasteiger partial charge on any atom is -0.478 e. The zero-order chi connectivity index (χ0) is 18.0. The van der Waals surface area contributed by atoms with Crippen LogP contribution >= 0.6 is 23.2 Å². The molecule has 1 aliphatic heterocycles. The van der Waals surface area contributed by atoms with Crippen LogP contribution in [0, 0.1) is 11.3 Å². The topological polar surface area (TPSA) is 99.4 Å². The molecule has 1 atom stereocenters. The maximum atomic E-state index is 12.2. The molecule has 2 rings (SSSR count). The van der Waals surface area contributed by atoms with Crippen molar-refractivity contribution in [3.63, 3.8) is 0 Å². The van der Waals surface area contributed by atoms with E-state index >= 15 is 0 Å². The van der Waals surface area contributed by atoms with Crippen molar-refractivity contribution in [1.82, 2.24) is 5.32 Å². The van der Waals surface area contributed by atoms with Crippen molar-refractivity contribution in [2.45, 2.75) is 12.8 Å². The van der Waals surface area contributed by atoms with E-state index in [4.69, 9.17) is 27.9 Å². The fourth-order valence-electron chi connectivity index (χ4n) is 2.55. The second-order valence-electron chi connectivity index (χ2n) is 4.97. The van der Waals surface area contributed by atoms with Crippen molar-refractivity contribution in [3.05, 3.63) is 56.3 Å². The highest BCUT2D eigenvalue weighted by Crippen LogP contribution is 2.40. The van der Waals surface area contributed by atoms with Gasteiger partial charge in [-0.3, -0.25) is 0 Å². The average molecular weight is 367 g/mol. The van der Waals surface area contributed by atoms with Gasteiger partial charge in [0.05, 0.1) is 34.2 Å². The molecular formula is C16H12Cl2N2O4. The van der Waals surface area contributed by atoms with Crippen LogP contribution in [0.5, 0.6) is 0 Å². The van der Waals surface area contributed by atoms with Crippen LogP contribution in [0.25, 0.3) is 0 Å². The van der Waals surface area contributed by atoms with E-state index in [0.717, 1.165) is 7.11 Å². The van der Waals surface area contributed by atoms with Gasteiger partial charge in [0.25, 0.3) is 0 Å². The molecule has 0 radical (unpaired) electrons. The number of benzene rings is 1. The van der Waals surface area contributed by atoms with E-state index in [1.165, 1.54) is 19.1 Å². The molecule has 0 aliphatic carbocycles. The summed E-state index contributed by atoms with van der Waals surface area (Å²) in [5, 5.41) is 22.0. The van der Waals surface area contributed by atoms with Gasteiger partial charge in [0.2, 0.25) is 0 Å². The number of carbonyl (C=O) groups excluding carboxylic acids is 1. The van der Waals surface area contributed by atoms with Gasteiger partial charge in [-0.25, -0.2) is 9.59 Å². The lowest BCUT2D eigenvalue weighted by atomic mass is 9.80. The van der Waals surface area contributed by atoms with Gasteiger partial charge in [-0.05, 0) is 24.6 Å². The van der Waals surface area contributed by atoms with Crippen molar-refractivity contribution >= 4 is 35.1 Å². The minimum absolute atomic E-state index is 0.0691. The van der Waals surface area contributed by atoms with E-state index in [1.54, 1.807) is 6.07 Å². The van der Waals surface area contributed by atoms with Crippen LogP contribution in [0.2, 0.25) is 10.0 Å². The number of ether oxygens (including phenoxy) is 1. The summed E-state index contributed by atoms with van der Waals surface area (Å²) in [5.74, 6) is -3.04. The van der Waals surface area contributed by atoms with Crippen LogP contribution in [0.3, 0.4) is 0 Å². The third-order valence-electron chi connectivity index (χ3n) is 3.59. The Morgan fingerprint density at radius 2 is 1.96 bits per heavy atom. The van der Waals surface area contributed by atoms with Crippen molar-refractivity contribution in [2.24, 2.45) is 0 Å². The number of hydrogen-bond donors (Lipinski definition) is 2. The predicted molar refractivity (Wildman–Crippen MR) is 87.3 cm³/mol. The summed E-state index contributed by atoms with van der Waals surface area (Å²) >= 11 is 11.9. The normalized spacial score (nSPS) is 17.2. The highest BCUT2D eigenvalue weighted by atomic mass is 35.5. The first-order valence-corrected chi connectivity index (χ1v) is 7.46. The second-order valence-corrected chi connectivity index (χ2v) is 5.78. The highest BCUT2D eigenvalue weighted by Gasteiger charge is 2.38. The fourth-order valence-corrected chi connectivity index (χ4v) is 2.86. The van der Waals surface area contributed by atoms with Crippen LogP contribution < -0.4 is 5.32 Å². The van der Waals surface area contributed by atoms with Gasteiger partial charge < -0.3 is 15.2 Å². The van der Waals surface area contributed by atoms with Gasteiger partial charge >= 0.3 is 11.9 Å². The number of carbonyl (C=O) groups is 2. The van der Waals surface area contributed by atoms with Gasteiger partial charge in [0.1, 0.15) is 11.8 Å². The summed E-state index contributed by atoms with van der Waals surface area (Å²) in [6, 6.07) is 6.38. The van der Waals surface area contributed by atoms with E-state index < -0.39 is 17.9 Å². The minimum atomic E-state index is -1.23. The molecule has 2 N–H and O–H groups in total. The zero-order valence-corrected chi connectivity index (χ0v) is 14.2. The summed E-state index contributed by atoms with van der Waals surface area (Å²) in [7, 11) is 1.15. The lowest BCUT2D eigenvalue weighted by molar-refractivity contribution is -0.136. The SMILES string of the molecule is COC(=O)C1=C(C#N)NC(C)=C(C(=O)O)C1c1ccc(Cl)c(Cl)c1. The molecule has 8 heteroatoms.